The van der Waals surface area contributed by atoms with Crippen molar-refractivity contribution in [2.24, 2.45) is 0 Å². The number of aryl methyl sites for hydroxylation is 1. The van der Waals surface area contributed by atoms with Crippen molar-refractivity contribution >= 4 is 15.7 Å². The van der Waals surface area contributed by atoms with Crippen molar-refractivity contribution in [1.29, 1.82) is 0 Å². The molecule has 0 aromatic heterocycles. The highest BCUT2D eigenvalue weighted by Gasteiger charge is 2.24. The number of rotatable bonds is 6. The summed E-state index contributed by atoms with van der Waals surface area (Å²) in [5.74, 6) is -0.428. The van der Waals surface area contributed by atoms with Gasteiger partial charge in [-0.15, -0.1) is 0 Å². The molecule has 0 radical (unpaired) electrons. The number of sulfone groups is 1. The van der Waals surface area contributed by atoms with Crippen LogP contribution in [0.1, 0.15) is 25.8 Å². The summed E-state index contributed by atoms with van der Waals surface area (Å²) < 4.78 is 22.5. The van der Waals surface area contributed by atoms with E-state index < -0.39 is 21.0 Å². The number of benzene rings is 1. The molecule has 0 aliphatic heterocycles. The van der Waals surface area contributed by atoms with E-state index in [2.05, 4.69) is 5.32 Å². The van der Waals surface area contributed by atoms with E-state index in [0.29, 0.717) is 0 Å². The van der Waals surface area contributed by atoms with E-state index in [1.807, 2.05) is 37.3 Å². The van der Waals surface area contributed by atoms with E-state index >= 15 is 0 Å². The fraction of sp³-hybridized carbons (Fsp3) is 0.500. The van der Waals surface area contributed by atoms with Crippen LogP contribution in [0.5, 0.6) is 0 Å². The van der Waals surface area contributed by atoms with E-state index in [1.165, 1.54) is 12.5 Å². The van der Waals surface area contributed by atoms with Crippen LogP contribution in [0.3, 0.4) is 0 Å². The first-order valence-corrected chi connectivity index (χ1v) is 8.29. The Morgan fingerprint density at radius 3 is 2.32 bits per heavy atom. The molecule has 1 amide bonds. The molecule has 2 atom stereocenters. The van der Waals surface area contributed by atoms with E-state index in [1.54, 1.807) is 0 Å². The molecule has 0 bridgehead atoms. The normalized spacial score (nSPS) is 14.7. The van der Waals surface area contributed by atoms with Crippen LogP contribution in [0, 0.1) is 0 Å². The Morgan fingerprint density at radius 1 is 1.21 bits per heavy atom. The van der Waals surface area contributed by atoms with Crippen molar-refractivity contribution in [1.82, 2.24) is 5.32 Å². The first kappa shape index (κ1) is 15.7. The average molecular weight is 283 g/mol. The van der Waals surface area contributed by atoms with Crippen molar-refractivity contribution < 1.29 is 13.2 Å². The van der Waals surface area contributed by atoms with Crippen LogP contribution in [0.2, 0.25) is 0 Å². The fourth-order valence-corrected chi connectivity index (χ4v) is 2.11. The number of carbonyl (C=O) groups excluding carboxylic acids is 1. The molecule has 19 heavy (non-hydrogen) atoms. The van der Waals surface area contributed by atoms with Crippen LogP contribution in [-0.4, -0.2) is 31.9 Å². The topological polar surface area (TPSA) is 63.2 Å². The molecule has 2 unspecified atom stereocenters. The monoisotopic (exact) mass is 283 g/mol. The zero-order chi connectivity index (χ0) is 14.5. The van der Waals surface area contributed by atoms with Gasteiger partial charge in [-0.1, -0.05) is 30.3 Å². The van der Waals surface area contributed by atoms with Crippen LogP contribution in [0.4, 0.5) is 0 Å². The second kappa shape index (κ2) is 6.70. The van der Waals surface area contributed by atoms with Gasteiger partial charge in [0, 0.05) is 12.3 Å². The first-order chi connectivity index (χ1) is 8.80. The number of carbonyl (C=O) groups is 1. The van der Waals surface area contributed by atoms with Gasteiger partial charge < -0.3 is 5.32 Å². The Hall–Kier alpha value is -1.36. The molecule has 0 saturated heterocycles. The molecule has 0 spiro atoms. The maximum absolute atomic E-state index is 11.7. The minimum absolute atomic E-state index is 0.0445. The van der Waals surface area contributed by atoms with Crippen molar-refractivity contribution in [3.05, 3.63) is 35.9 Å². The smallest absolute Gasteiger partial charge is 0.238 e. The van der Waals surface area contributed by atoms with Gasteiger partial charge in [0.2, 0.25) is 5.91 Å². The average Bonchev–Trinajstić information content (AvgIpc) is 2.35. The van der Waals surface area contributed by atoms with Crippen LogP contribution in [0.15, 0.2) is 30.3 Å². The molecule has 0 fully saturated rings. The van der Waals surface area contributed by atoms with Gasteiger partial charge in [-0.3, -0.25) is 4.79 Å². The molecule has 0 heterocycles. The van der Waals surface area contributed by atoms with Gasteiger partial charge in [0.25, 0.3) is 0 Å². The van der Waals surface area contributed by atoms with Gasteiger partial charge in [-0.05, 0) is 32.3 Å². The van der Waals surface area contributed by atoms with Gasteiger partial charge >= 0.3 is 0 Å². The predicted octanol–water partition coefficient (Wildman–Crippen LogP) is 1.56. The summed E-state index contributed by atoms with van der Waals surface area (Å²) in [7, 11) is -3.33. The molecule has 0 aliphatic carbocycles. The van der Waals surface area contributed by atoms with E-state index in [0.717, 1.165) is 19.1 Å². The molecule has 1 rings (SSSR count). The molecule has 5 heteroatoms. The van der Waals surface area contributed by atoms with Gasteiger partial charge in [0.15, 0.2) is 9.84 Å². The fourth-order valence-electron chi connectivity index (χ4n) is 1.65. The summed E-state index contributed by atoms with van der Waals surface area (Å²) in [5, 5.41) is 1.74. The highest BCUT2D eigenvalue weighted by Crippen LogP contribution is 2.06. The van der Waals surface area contributed by atoms with E-state index in [-0.39, 0.29) is 6.04 Å². The Bertz CT molecular complexity index is 511. The van der Waals surface area contributed by atoms with Gasteiger partial charge in [0.1, 0.15) is 5.25 Å². The zero-order valence-corrected chi connectivity index (χ0v) is 12.4. The lowest BCUT2D eigenvalue weighted by atomic mass is 10.1. The predicted molar refractivity (Wildman–Crippen MR) is 76.7 cm³/mol. The molecular weight excluding hydrogens is 262 g/mol. The van der Waals surface area contributed by atoms with Gasteiger partial charge in [-0.2, -0.15) is 0 Å². The van der Waals surface area contributed by atoms with Crippen LogP contribution >= 0.6 is 0 Å². The largest absolute Gasteiger partial charge is 0.353 e. The van der Waals surface area contributed by atoms with Gasteiger partial charge in [-0.25, -0.2) is 8.42 Å². The quantitative estimate of drug-likeness (QED) is 0.861. The van der Waals surface area contributed by atoms with Crippen molar-refractivity contribution in [3.63, 3.8) is 0 Å². The van der Waals surface area contributed by atoms with Crippen molar-refractivity contribution in [3.8, 4) is 0 Å². The van der Waals surface area contributed by atoms with Crippen LogP contribution in [-0.2, 0) is 21.1 Å². The molecule has 0 saturated carbocycles. The molecule has 1 aromatic rings. The van der Waals surface area contributed by atoms with Gasteiger partial charge in [0.05, 0.1) is 0 Å². The Balaban J connectivity index is 2.43. The highest BCUT2D eigenvalue weighted by molar-refractivity contribution is 7.92. The maximum atomic E-state index is 11.7. The summed E-state index contributed by atoms with van der Waals surface area (Å²) in [4.78, 5) is 11.7. The molecule has 1 N–H and O–H groups in total. The third-order valence-corrected chi connectivity index (χ3v) is 4.61. The summed E-state index contributed by atoms with van der Waals surface area (Å²) in [6, 6.07) is 9.94. The zero-order valence-electron chi connectivity index (χ0n) is 11.6. The summed E-state index contributed by atoms with van der Waals surface area (Å²) in [5.41, 5.74) is 1.21. The summed E-state index contributed by atoms with van der Waals surface area (Å²) in [6.45, 7) is 3.30. The maximum Gasteiger partial charge on any atom is 0.238 e. The first-order valence-electron chi connectivity index (χ1n) is 6.34. The molecule has 4 nitrogen and oxygen atoms in total. The molecule has 1 aromatic carbocycles. The third kappa shape index (κ3) is 5.42. The Morgan fingerprint density at radius 2 is 1.79 bits per heavy atom. The van der Waals surface area contributed by atoms with Crippen molar-refractivity contribution in [2.75, 3.05) is 6.26 Å². The standard InChI is InChI=1S/C14H21NO3S/c1-11(9-10-13-7-5-4-6-8-13)15-14(16)12(2)19(3,17)18/h4-8,11-12H,9-10H2,1-3H3,(H,15,16). The number of nitrogens with one attached hydrogen (secondary N) is 1. The Kier molecular flexibility index (Phi) is 5.54. The SMILES string of the molecule is CC(CCc1ccccc1)NC(=O)C(C)S(C)(=O)=O. The minimum atomic E-state index is -3.33. The molecule has 106 valence electrons. The lowest BCUT2D eigenvalue weighted by Crippen LogP contribution is -2.42. The molecular formula is C14H21NO3S. The van der Waals surface area contributed by atoms with E-state index in [4.69, 9.17) is 0 Å². The number of amides is 1. The van der Waals surface area contributed by atoms with E-state index in [9.17, 15) is 13.2 Å². The number of hydrogen-bond acceptors (Lipinski definition) is 3. The third-order valence-electron chi connectivity index (χ3n) is 3.11. The molecule has 0 aliphatic rings. The Labute approximate surface area is 115 Å². The minimum Gasteiger partial charge on any atom is -0.353 e. The lowest BCUT2D eigenvalue weighted by molar-refractivity contribution is -0.121. The highest BCUT2D eigenvalue weighted by atomic mass is 32.2. The summed E-state index contributed by atoms with van der Waals surface area (Å²) in [6.07, 6.45) is 2.72. The van der Waals surface area contributed by atoms with Crippen molar-refractivity contribution in [2.45, 2.75) is 38.0 Å². The summed E-state index contributed by atoms with van der Waals surface area (Å²) >= 11 is 0. The van der Waals surface area contributed by atoms with Crippen LogP contribution in [0.25, 0.3) is 0 Å². The van der Waals surface area contributed by atoms with Crippen LogP contribution < -0.4 is 5.32 Å². The lowest BCUT2D eigenvalue weighted by Gasteiger charge is -2.16. The second-order valence-electron chi connectivity index (χ2n) is 4.91. The number of hydrogen-bond donors (Lipinski definition) is 1. The second-order valence-corrected chi connectivity index (χ2v) is 7.27.